The van der Waals surface area contributed by atoms with Crippen LogP contribution < -0.4 is 10.6 Å². The minimum atomic E-state index is -0.785. The van der Waals surface area contributed by atoms with Crippen molar-refractivity contribution in [3.8, 4) is 0 Å². The number of nitrogens with one attached hydrogen (secondary N) is 2. The molecule has 1 heterocycles. The molecule has 6 atom stereocenters. The molecule has 0 spiro atoms. The Morgan fingerprint density at radius 1 is 1.11 bits per heavy atom. The third-order valence-electron chi connectivity index (χ3n) is 8.10. The molecule has 36 heavy (non-hydrogen) atoms. The van der Waals surface area contributed by atoms with E-state index in [0.29, 0.717) is 24.2 Å². The minimum absolute atomic E-state index is 0.0848. The maximum absolute atomic E-state index is 13.6. The van der Waals surface area contributed by atoms with Gasteiger partial charge in [-0.05, 0) is 68.8 Å². The van der Waals surface area contributed by atoms with Crippen LogP contribution in [-0.2, 0) is 25.3 Å². The predicted molar refractivity (Wildman–Crippen MR) is 140 cm³/mol. The molecule has 0 aromatic heterocycles. The van der Waals surface area contributed by atoms with Crippen molar-refractivity contribution in [2.75, 3.05) is 0 Å². The van der Waals surface area contributed by atoms with E-state index < -0.39 is 24.9 Å². The van der Waals surface area contributed by atoms with E-state index >= 15 is 0 Å². The van der Waals surface area contributed by atoms with Crippen LogP contribution in [0.5, 0.6) is 0 Å². The fraction of sp³-hybridized carbons (Fsp3) is 0.714. The lowest BCUT2D eigenvalue weighted by Crippen LogP contribution is -2.59. The van der Waals surface area contributed by atoms with Gasteiger partial charge in [-0.3, -0.25) is 4.79 Å². The summed E-state index contributed by atoms with van der Waals surface area (Å²) in [5.41, 5.74) is 0.582. The fourth-order valence-corrected chi connectivity index (χ4v) is 6.09. The molecule has 1 aliphatic heterocycles. The molecule has 198 valence electrons. The Morgan fingerprint density at radius 3 is 2.42 bits per heavy atom. The van der Waals surface area contributed by atoms with Crippen LogP contribution in [-0.4, -0.2) is 48.9 Å². The molecule has 0 radical (unpaired) electrons. The number of benzene rings is 1. The standard InChI is InChI=1S/C28H43BN2O5/c1-17(2)13-23(29-35-22-16-19-15-20(24(22)36-29)28(19,6)7)31-25(32)21(14-18-11-9-8-10-12-18)30-26(33)34-27(3,4)5/h8-12,17,19-24H,13-16H2,1-7H3,(H,30,33)(H,31,32)/t19-,20+,21-,22+,23-,24-/m0/s1. The van der Waals surface area contributed by atoms with E-state index in [2.05, 4.69) is 38.3 Å². The summed E-state index contributed by atoms with van der Waals surface area (Å²) >= 11 is 0. The molecule has 7 nitrogen and oxygen atoms in total. The number of hydrogen-bond donors (Lipinski definition) is 2. The Bertz CT molecular complexity index is 932. The maximum atomic E-state index is 13.6. The predicted octanol–water partition coefficient (Wildman–Crippen LogP) is 4.53. The molecule has 5 rings (SSSR count). The maximum Gasteiger partial charge on any atom is 0.481 e. The fourth-order valence-electron chi connectivity index (χ4n) is 6.09. The van der Waals surface area contributed by atoms with Crippen molar-refractivity contribution >= 4 is 19.1 Å². The van der Waals surface area contributed by atoms with E-state index in [1.54, 1.807) is 20.8 Å². The van der Waals surface area contributed by atoms with Crippen LogP contribution in [0.2, 0.25) is 0 Å². The van der Waals surface area contributed by atoms with Gasteiger partial charge in [-0.2, -0.15) is 0 Å². The summed E-state index contributed by atoms with van der Waals surface area (Å²) in [5.74, 6) is 0.949. The second kappa shape index (κ2) is 10.4. The van der Waals surface area contributed by atoms with Crippen LogP contribution in [0, 0.1) is 23.2 Å². The van der Waals surface area contributed by atoms with Gasteiger partial charge in [-0.1, -0.05) is 58.0 Å². The van der Waals surface area contributed by atoms with Crippen LogP contribution >= 0.6 is 0 Å². The largest absolute Gasteiger partial charge is 0.481 e. The summed E-state index contributed by atoms with van der Waals surface area (Å²) in [7, 11) is -0.486. The van der Waals surface area contributed by atoms with Crippen molar-refractivity contribution in [1.29, 1.82) is 0 Å². The summed E-state index contributed by atoms with van der Waals surface area (Å²) in [6.07, 6.45) is 2.86. The molecule has 1 aromatic carbocycles. The van der Waals surface area contributed by atoms with Gasteiger partial charge in [0.15, 0.2) is 0 Å². The van der Waals surface area contributed by atoms with E-state index in [9.17, 15) is 9.59 Å². The summed E-state index contributed by atoms with van der Waals surface area (Å²) in [4.78, 5) is 26.2. The molecular formula is C28H43BN2O5. The topological polar surface area (TPSA) is 85.9 Å². The molecule has 8 heteroatoms. The molecule has 0 unspecified atom stereocenters. The molecule has 1 aromatic rings. The first-order valence-corrected chi connectivity index (χ1v) is 13.5. The van der Waals surface area contributed by atoms with Gasteiger partial charge < -0.3 is 24.7 Å². The Morgan fingerprint density at radius 2 is 1.81 bits per heavy atom. The average Bonchev–Trinajstić information content (AvgIpc) is 3.21. The van der Waals surface area contributed by atoms with Gasteiger partial charge in [0, 0.05) is 6.42 Å². The Balaban J connectivity index is 1.47. The zero-order chi connectivity index (χ0) is 26.3. The molecule has 2 amide bonds. The lowest BCUT2D eigenvalue weighted by Gasteiger charge is -2.60. The van der Waals surface area contributed by atoms with Crippen LogP contribution in [0.3, 0.4) is 0 Å². The first kappa shape index (κ1) is 27.0. The van der Waals surface area contributed by atoms with Crippen molar-refractivity contribution in [3.05, 3.63) is 35.9 Å². The summed E-state index contributed by atoms with van der Waals surface area (Å²) in [5, 5.41) is 5.97. The normalized spacial score (nSPS) is 28.1. The van der Waals surface area contributed by atoms with Crippen molar-refractivity contribution in [1.82, 2.24) is 10.6 Å². The molecule has 1 saturated heterocycles. The van der Waals surface area contributed by atoms with Gasteiger partial charge >= 0.3 is 13.2 Å². The van der Waals surface area contributed by atoms with Crippen LogP contribution in [0.15, 0.2) is 30.3 Å². The number of carbonyl (C=O) groups excluding carboxylic acids is 2. The molecule has 3 saturated carbocycles. The quantitative estimate of drug-likeness (QED) is 0.515. The van der Waals surface area contributed by atoms with Gasteiger partial charge in [0.2, 0.25) is 5.91 Å². The van der Waals surface area contributed by atoms with Gasteiger partial charge in [0.25, 0.3) is 0 Å². The average molecular weight is 498 g/mol. The number of carbonyl (C=O) groups is 2. The van der Waals surface area contributed by atoms with Gasteiger partial charge in [0.05, 0.1) is 18.1 Å². The monoisotopic (exact) mass is 498 g/mol. The SMILES string of the molecule is CC(C)C[C@H](NC(=O)[C@H](Cc1ccccc1)NC(=O)OC(C)(C)C)B1O[C@H]2[C@H]3C[C@@H](C[C@H]2O1)C3(C)C. The lowest BCUT2D eigenvalue weighted by molar-refractivity contribution is -0.150. The summed E-state index contributed by atoms with van der Waals surface area (Å²) in [6.45, 7) is 14.3. The van der Waals surface area contributed by atoms with Crippen LogP contribution in [0.1, 0.15) is 73.3 Å². The van der Waals surface area contributed by atoms with Crippen molar-refractivity contribution in [2.24, 2.45) is 23.2 Å². The van der Waals surface area contributed by atoms with E-state index in [1.807, 2.05) is 30.3 Å². The third kappa shape index (κ3) is 6.08. The zero-order valence-electron chi connectivity index (χ0n) is 22.9. The van der Waals surface area contributed by atoms with Crippen LogP contribution in [0.25, 0.3) is 0 Å². The molecule has 3 aliphatic carbocycles. The van der Waals surface area contributed by atoms with E-state index in [0.717, 1.165) is 18.4 Å². The molecular weight excluding hydrogens is 455 g/mol. The summed E-state index contributed by atoms with van der Waals surface area (Å²) < 4.78 is 18.4. The second-order valence-electron chi connectivity index (χ2n) is 12.9. The number of alkyl carbamates (subject to hydrolysis) is 1. The number of amides is 2. The first-order valence-electron chi connectivity index (χ1n) is 13.5. The van der Waals surface area contributed by atoms with E-state index in [1.165, 1.54) is 6.42 Å². The molecule has 2 N–H and O–H groups in total. The van der Waals surface area contributed by atoms with E-state index in [4.69, 9.17) is 14.0 Å². The lowest BCUT2D eigenvalue weighted by atomic mass is 9.47. The van der Waals surface area contributed by atoms with Crippen molar-refractivity contribution < 1.29 is 23.6 Å². The van der Waals surface area contributed by atoms with Gasteiger partial charge in [-0.25, -0.2) is 4.79 Å². The molecule has 4 aliphatic rings. The van der Waals surface area contributed by atoms with Gasteiger partial charge in [0.1, 0.15) is 11.6 Å². The van der Waals surface area contributed by atoms with Crippen molar-refractivity contribution in [3.63, 3.8) is 0 Å². The van der Waals surface area contributed by atoms with E-state index in [-0.39, 0.29) is 29.5 Å². The van der Waals surface area contributed by atoms with Crippen molar-refractivity contribution in [2.45, 2.75) is 104 Å². The zero-order valence-corrected chi connectivity index (χ0v) is 22.9. The highest BCUT2D eigenvalue weighted by atomic mass is 16.7. The Labute approximate surface area is 216 Å². The highest BCUT2D eigenvalue weighted by Gasteiger charge is 2.62. The smallest absolute Gasteiger partial charge is 0.444 e. The molecule has 4 fully saturated rings. The van der Waals surface area contributed by atoms with Crippen LogP contribution in [0.4, 0.5) is 4.79 Å². The number of ether oxygens (including phenoxy) is 1. The Hall–Kier alpha value is -2.06. The Kier molecular flexibility index (Phi) is 7.77. The molecule has 2 bridgehead atoms. The highest BCUT2D eigenvalue weighted by molar-refractivity contribution is 6.47. The number of rotatable bonds is 8. The summed E-state index contributed by atoms with van der Waals surface area (Å²) in [6, 6.07) is 8.89. The highest BCUT2D eigenvalue weighted by Crippen LogP contribution is 2.61. The second-order valence-corrected chi connectivity index (χ2v) is 12.9. The minimum Gasteiger partial charge on any atom is -0.444 e. The first-order chi connectivity index (χ1) is 16.8. The van der Waals surface area contributed by atoms with Gasteiger partial charge in [-0.15, -0.1) is 0 Å². The number of hydrogen-bond acceptors (Lipinski definition) is 5. The third-order valence-corrected chi connectivity index (χ3v) is 8.10.